The number of ether oxygens (including phenoxy) is 1. The average Bonchev–Trinajstić information content (AvgIpc) is 3.08. The third-order valence-corrected chi connectivity index (χ3v) is 5.26. The maximum atomic E-state index is 13.0. The van der Waals surface area contributed by atoms with Crippen LogP contribution in [0.2, 0.25) is 0 Å². The third kappa shape index (κ3) is 3.25. The van der Waals surface area contributed by atoms with Crippen LogP contribution >= 0.6 is 0 Å². The SMILES string of the molecule is CCOc1ccc(N(CC#N)S(=O)(=O)c2ccc3nncn3c2)cc1. The summed E-state index contributed by atoms with van der Waals surface area (Å²) in [5.41, 5.74) is 0.917. The van der Waals surface area contributed by atoms with Crippen molar-refractivity contribution in [2.45, 2.75) is 11.8 Å². The number of sulfonamides is 1. The van der Waals surface area contributed by atoms with Crippen molar-refractivity contribution in [3.05, 3.63) is 48.9 Å². The Morgan fingerprint density at radius 3 is 2.68 bits per heavy atom. The molecule has 0 saturated heterocycles. The molecule has 0 amide bonds. The van der Waals surface area contributed by atoms with Crippen LogP contribution in [-0.4, -0.2) is 36.2 Å². The van der Waals surface area contributed by atoms with Crippen molar-refractivity contribution in [3.63, 3.8) is 0 Å². The Kier molecular flexibility index (Phi) is 4.54. The molecular weight excluding hydrogens is 342 g/mol. The zero-order valence-corrected chi connectivity index (χ0v) is 14.2. The maximum Gasteiger partial charge on any atom is 0.266 e. The fraction of sp³-hybridized carbons (Fsp3) is 0.188. The molecule has 0 fully saturated rings. The largest absolute Gasteiger partial charge is 0.494 e. The van der Waals surface area contributed by atoms with Crippen LogP contribution < -0.4 is 9.04 Å². The summed E-state index contributed by atoms with van der Waals surface area (Å²) in [6.45, 7) is 2.07. The Balaban J connectivity index is 2.01. The van der Waals surface area contributed by atoms with Crippen LogP contribution in [-0.2, 0) is 10.0 Å². The Hall–Kier alpha value is -3.12. The summed E-state index contributed by atoms with van der Waals surface area (Å²) in [5.74, 6) is 0.631. The summed E-state index contributed by atoms with van der Waals surface area (Å²) in [7, 11) is -3.92. The van der Waals surface area contributed by atoms with Crippen molar-refractivity contribution in [2.24, 2.45) is 0 Å². The van der Waals surface area contributed by atoms with Crippen LogP contribution in [0.1, 0.15) is 6.92 Å². The molecule has 0 aliphatic rings. The van der Waals surface area contributed by atoms with Crippen LogP contribution in [0.4, 0.5) is 5.69 Å². The molecule has 0 atom stereocenters. The molecule has 1 aromatic carbocycles. The molecule has 3 aromatic rings. The predicted octanol–water partition coefficient (Wildman–Crippen LogP) is 1.85. The highest BCUT2D eigenvalue weighted by molar-refractivity contribution is 7.92. The maximum absolute atomic E-state index is 13.0. The monoisotopic (exact) mass is 357 g/mol. The number of rotatable bonds is 6. The number of nitrogens with zero attached hydrogens (tertiary/aromatic N) is 5. The molecule has 25 heavy (non-hydrogen) atoms. The van der Waals surface area contributed by atoms with Gasteiger partial charge in [-0.3, -0.25) is 8.71 Å². The second-order valence-corrected chi connectivity index (χ2v) is 6.92. The molecule has 0 unspecified atom stereocenters. The van der Waals surface area contributed by atoms with Gasteiger partial charge in [0, 0.05) is 6.20 Å². The van der Waals surface area contributed by atoms with Gasteiger partial charge in [0.2, 0.25) is 0 Å². The molecule has 0 aliphatic heterocycles. The normalized spacial score (nSPS) is 11.2. The molecule has 0 radical (unpaired) electrons. The molecule has 8 nitrogen and oxygen atoms in total. The number of pyridine rings is 1. The van der Waals surface area contributed by atoms with Crippen LogP contribution in [0, 0.1) is 11.3 Å². The predicted molar refractivity (Wildman–Crippen MR) is 90.7 cm³/mol. The van der Waals surface area contributed by atoms with Gasteiger partial charge in [0.15, 0.2) is 5.65 Å². The van der Waals surface area contributed by atoms with E-state index in [0.29, 0.717) is 23.7 Å². The molecule has 0 aliphatic carbocycles. The Bertz CT molecular complexity index is 1020. The lowest BCUT2D eigenvalue weighted by molar-refractivity contribution is 0.340. The Morgan fingerprint density at radius 2 is 2.00 bits per heavy atom. The summed E-state index contributed by atoms with van der Waals surface area (Å²) in [6, 6.07) is 11.5. The summed E-state index contributed by atoms with van der Waals surface area (Å²) in [4.78, 5) is 0.0453. The van der Waals surface area contributed by atoms with E-state index in [2.05, 4.69) is 10.2 Å². The number of anilines is 1. The molecule has 3 rings (SSSR count). The summed E-state index contributed by atoms with van der Waals surface area (Å²) < 4.78 is 33.9. The average molecular weight is 357 g/mol. The second kappa shape index (κ2) is 6.78. The Morgan fingerprint density at radius 1 is 1.24 bits per heavy atom. The minimum atomic E-state index is -3.92. The van der Waals surface area contributed by atoms with Crippen molar-refractivity contribution >= 4 is 21.4 Å². The van der Waals surface area contributed by atoms with E-state index >= 15 is 0 Å². The summed E-state index contributed by atoms with van der Waals surface area (Å²) in [5, 5.41) is 16.7. The van der Waals surface area contributed by atoms with Gasteiger partial charge < -0.3 is 4.74 Å². The molecule has 128 valence electrons. The molecule has 0 N–H and O–H groups in total. The highest BCUT2D eigenvalue weighted by Crippen LogP contribution is 2.25. The van der Waals surface area contributed by atoms with E-state index in [1.54, 1.807) is 30.3 Å². The molecule has 2 heterocycles. The summed E-state index contributed by atoms with van der Waals surface area (Å²) >= 11 is 0. The van der Waals surface area contributed by atoms with Crippen molar-refractivity contribution in [1.29, 1.82) is 5.26 Å². The van der Waals surface area contributed by atoms with E-state index in [0.717, 1.165) is 4.31 Å². The third-order valence-electron chi connectivity index (χ3n) is 3.50. The highest BCUT2D eigenvalue weighted by atomic mass is 32.2. The number of fused-ring (bicyclic) bond motifs is 1. The van der Waals surface area contributed by atoms with Crippen molar-refractivity contribution in [2.75, 3.05) is 17.5 Å². The second-order valence-electron chi connectivity index (χ2n) is 5.06. The minimum absolute atomic E-state index is 0.0453. The van der Waals surface area contributed by atoms with Crippen molar-refractivity contribution in [1.82, 2.24) is 14.6 Å². The quantitative estimate of drug-likeness (QED) is 0.624. The first-order valence-electron chi connectivity index (χ1n) is 7.48. The zero-order valence-electron chi connectivity index (χ0n) is 13.4. The minimum Gasteiger partial charge on any atom is -0.494 e. The fourth-order valence-corrected chi connectivity index (χ4v) is 3.71. The Labute approximate surface area is 145 Å². The van der Waals surface area contributed by atoms with Gasteiger partial charge in [-0.05, 0) is 43.3 Å². The van der Waals surface area contributed by atoms with Crippen LogP contribution in [0.3, 0.4) is 0 Å². The van der Waals surface area contributed by atoms with Crippen molar-refractivity contribution in [3.8, 4) is 11.8 Å². The van der Waals surface area contributed by atoms with Gasteiger partial charge in [-0.1, -0.05) is 0 Å². The van der Waals surface area contributed by atoms with Gasteiger partial charge in [-0.15, -0.1) is 10.2 Å². The van der Waals surface area contributed by atoms with Gasteiger partial charge in [-0.2, -0.15) is 5.26 Å². The number of hydrogen-bond donors (Lipinski definition) is 0. The fourth-order valence-electron chi connectivity index (χ4n) is 2.34. The standard InChI is InChI=1S/C16H15N5O3S/c1-2-24-14-5-3-13(4-6-14)21(10-9-17)25(22,23)15-7-8-16-19-18-12-20(16)11-15/h3-8,11-12H,2,10H2,1H3. The summed E-state index contributed by atoms with van der Waals surface area (Å²) in [6.07, 6.45) is 2.84. The van der Waals surface area contributed by atoms with Crippen LogP contribution in [0.15, 0.2) is 53.8 Å². The molecule has 2 aromatic heterocycles. The van der Waals surface area contributed by atoms with E-state index in [1.165, 1.54) is 23.0 Å². The zero-order chi connectivity index (χ0) is 17.9. The van der Waals surface area contributed by atoms with Gasteiger partial charge in [0.1, 0.15) is 23.5 Å². The molecule has 0 saturated carbocycles. The first-order valence-corrected chi connectivity index (χ1v) is 8.92. The van der Waals surface area contributed by atoms with Crippen molar-refractivity contribution < 1.29 is 13.2 Å². The molecule has 9 heteroatoms. The number of hydrogen-bond acceptors (Lipinski definition) is 6. The van der Waals surface area contributed by atoms with Gasteiger partial charge in [-0.25, -0.2) is 8.42 Å². The van der Waals surface area contributed by atoms with Gasteiger partial charge in [0.25, 0.3) is 10.0 Å². The van der Waals surface area contributed by atoms with Crippen LogP contribution in [0.25, 0.3) is 5.65 Å². The van der Waals surface area contributed by atoms with E-state index in [1.807, 2.05) is 13.0 Å². The lowest BCUT2D eigenvalue weighted by atomic mass is 10.3. The smallest absolute Gasteiger partial charge is 0.266 e. The van der Waals surface area contributed by atoms with E-state index < -0.39 is 10.0 Å². The lowest BCUT2D eigenvalue weighted by Gasteiger charge is -2.22. The lowest BCUT2D eigenvalue weighted by Crippen LogP contribution is -2.31. The van der Waals surface area contributed by atoms with E-state index in [9.17, 15) is 8.42 Å². The first-order chi connectivity index (χ1) is 12.1. The topological polar surface area (TPSA) is 101 Å². The first kappa shape index (κ1) is 16.7. The molecule has 0 spiro atoms. The molecular formula is C16H15N5O3S. The number of aromatic nitrogens is 3. The number of nitriles is 1. The molecule has 0 bridgehead atoms. The van der Waals surface area contributed by atoms with E-state index in [-0.39, 0.29) is 11.4 Å². The van der Waals surface area contributed by atoms with Crippen LogP contribution in [0.5, 0.6) is 5.75 Å². The van der Waals surface area contributed by atoms with Gasteiger partial charge >= 0.3 is 0 Å². The van der Waals surface area contributed by atoms with E-state index in [4.69, 9.17) is 10.00 Å². The van der Waals surface area contributed by atoms with Gasteiger partial charge in [0.05, 0.1) is 18.4 Å². The number of benzene rings is 1. The highest BCUT2D eigenvalue weighted by Gasteiger charge is 2.25.